The van der Waals surface area contributed by atoms with Crippen LogP contribution >= 0.6 is 0 Å². The van der Waals surface area contributed by atoms with Gasteiger partial charge < -0.3 is 95.4 Å². The molecule has 0 radical (unpaired) electrons. The Labute approximate surface area is 481 Å². The number of nitrogens with one attached hydrogen (secondary N) is 10. The van der Waals surface area contributed by atoms with Gasteiger partial charge in [-0.1, -0.05) is 0 Å². The molecule has 0 aliphatic rings. The summed E-state index contributed by atoms with van der Waals surface area (Å²) in [5, 5.41) is 45.1. The van der Waals surface area contributed by atoms with Gasteiger partial charge in [-0.25, -0.2) is 19.9 Å². The number of anilines is 6. The molecule has 0 saturated heterocycles. The second-order valence-electron chi connectivity index (χ2n) is 19.2. The molecule has 0 saturated carbocycles. The third-order valence-electron chi connectivity index (χ3n) is 12.4. The molecule has 10 amide bonds. The first kappa shape index (κ1) is 61.4. The molecule has 0 aliphatic carbocycles. The molecule has 0 unspecified atom stereocenters. The van der Waals surface area contributed by atoms with Crippen molar-refractivity contribution in [2.45, 2.75) is 31.8 Å². The highest BCUT2D eigenvalue weighted by atomic mass is 16.4. The van der Waals surface area contributed by atoms with Crippen molar-refractivity contribution < 1.29 is 63.0 Å². The smallest absolute Gasteiger partial charge is 0.305 e. The number of carboxylic acid groups (broad SMARTS) is 1. The SMILES string of the molecule is Cn1cc(NC(=O)c2nc(NC(=O)[C@@H](O)CNC(=O)c3cc(NC(=O)c4nccn4C)cn3C)cn2C)cc1C(=O)NCCCC(=O)Nc1cn(C)c(C(=O)NCCC(=O)Nc2cc(C(=O)Nc3cn(C)c(C(=O)NCCC(=O)O)n3)n(C)c2)n1. The van der Waals surface area contributed by atoms with Gasteiger partial charge in [0.15, 0.2) is 23.3 Å². The van der Waals surface area contributed by atoms with Crippen LogP contribution in [-0.4, -0.2) is 159 Å². The van der Waals surface area contributed by atoms with Crippen molar-refractivity contribution in [2.24, 2.45) is 49.3 Å². The van der Waals surface area contributed by atoms with Crippen LogP contribution in [0.2, 0.25) is 0 Å². The summed E-state index contributed by atoms with van der Waals surface area (Å²) >= 11 is 0. The van der Waals surface area contributed by atoms with Crippen LogP contribution in [0, 0.1) is 0 Å². The van der Waals surface area contributed by atoms with Gasteiger partial charge in [0.2, 0.25) is 29.3 Å². The van der Waals surface area contributed by atoms with Crippen molar-refractivity contribution in [3.05, 3.63) is 108 Å². The van der Waals surface area contributed by atoms with E-state index < -0.39 is 77.7 Å². The van der Waals surface area contributed by atoms with Gasteiger partial charge in [-0.05, 0) is 24.6 Å². The van der Waals surface area contributed by atoms with E-state index in [1.165, 1.54) is 115 Å². The van der Waals surface area contributed by atoms with E-state index >= 15 is 0 Å². The van der Waals surface area contributed by atoms with Crippen LogP contribution in [0.4, 0.5) is 34.5 Å². The van der Waals surface area contributed by atoms with Crippen LogP contribution in [0.5, 0.6) is 0 Å². The minimum absolute atomic E-state index is 0.0341. The number of nitrogens with zero attached hydrogens (tertiary/aromatic N) is 11. The van der Waals surface area contributed by atoms with E-state index in [4.69, 9.17) is 5.11 Å². The quantitative estimate of drug-likeness (QED) is 0.0296. The second kappa shape index (κ2) is 27.1. The average molecular weight is 1180 g/mol. The highest BCUT2D eigenvalue weighted by molar-refractivity contribution is 6.06. The molecule has 85 heavy (non-hydrogen) atoms. The Kier molecular flexibility index (Phi) is 19.6. The molecule has 12 N–H and O–H groups in total. The lowest BCUT2D eigenvalue weighted by Crippen LogP contribution is -2.40. The predicted octanol–water partition coefficient (Wildman–Crippen LogP) is -0.766. The van der Waals surface area contributed by atoms with Crippen molar-refractivity contribution in [3.8, 4) is 0 Å². The lowest BCUT2D eigenvalue weighted by Gasteiger charge is -2.11. The number of aryl methyl sites for hydroxylation is 7. The Hall–Kier alpha value is -11.2. The number of aliphatic hydroxyl groups excluding tert-OH is 1. The number of carboxylic acids is 1. The maximum absolute atomic E-state index is 13.3. The molecular weight excluding hydrogens is 1110 g/mol. The van der Waals surface area contributed by atoms with E-state index in [0.29, 0.717) is 5.69 Å². The summed E-state index contributed by atoms with van der Waals surface area (Å²) in [7, 11) is 10.9. The van der Waals surface area contributed by atoms with Gasteiger partial charge in [0.1, 0.15) is 23.2 Å². The highest BCUT2D eigenvalue weighted by Gasteiger charge is 2.24. The first-order valence-corrected chi connectivity index (χ1v) is 25.8. The number of hydrogen-bond acceptors (Lipinski definition) is 16. The van der Waals surface area contributed by atoms with Crippen LogP contribution < -0.4 is 53.2 Å². The van der Waals surface area contributed by atoms with Crippen LogP contribution in [0.1, 0.15) is 99.6 Å². The van der Waals surface area contributed by atoms with Crippen LogP contribution in [-0.2, 0) is 68.5 Å². The Morgan fingerprint density at radius 1 is 0.435 bits per heavy atom. The third kappa shape index (κ3) is 16.1. The molecule has 0 aromatic carbocycles. The maximum Gasteiger partial charge on any atom is 0.305 e. The molecule has 0 spiro atoms. The zero-order valence-electron chi connectivity index (χ0n) is 46.9. The van der Waals surface area contributed by atoms with E-state index in [0.717, 1.165) is 0 Å². The van der Waals surface area contributed by atoms with E-state index in [9.17, 15) is 57.8 Å². The van der Waals surface area contributed by atoms with E-state index in [1.54, 1.807) is 34.4 Å². The summed E-state index contributed by atoms with van der Waals surface area (Å²) < 4.78 is 9.98. The molecule has 7 aromatic rings. The number of hydrogen-bond donors (Lipinski definition) is 12. The van der Waals surface area contributed by atoms with Gasteiger partial charge in [0.05, 0.1) is 30.0 Å². The topological polar surface area (TPSA) is 435 Å². The molecular formula is C51H61N21O13. The standard InChI is InChI=1S/C51H61N21O13/c1-66-16-15-52-40(66)50(84)58-28-19-31(68(3)22-28)45(79)56-20-33(73)47(81)65-36-26-72(7)43(63-36)51(85)59-29-18-30(67(2)23-29)44(78)53-12-8-9-37(74)60-34-24-70(5)41(61-34)48(82)54-13-10-38(75)57-27-17-32(69(4)21-27)46(80)64-35-25-71(6)42(62-35)49(83)55-14-11-39(76)77/h15-19,21-26,33,73H,8-14,20H2,1-7H3,(H,53,78)(H,54,82)(H,55,83)(H,56,79)(H,57,75)(H,58,84)(H,59,85)(H,60,74)(H,64,80)(H,65,81)(H,76,77)/t33-/m0/s1. The lowest BCUT2D eigenvalue weighted by atomic mass is 10.3. The Bertz CT molecular complexity index is 3740. The summed E-state index contributed by atoms with van der Waals surface area (Å²) in [5.41, 5.74) is 1.27. The Morgan fingerprint density at radius 2 is 0.871 bits per heavy atom. The molecule has 34 heteroatoms. The Morgan fingerprint density at radius 3 is 1.39 bits per heavy atom. The number of aromatic nitrogens is 11. The van der Waals surface area contributed by atoms with Crippen molar-refractivity contribution in [1.29, 1.82) is 0 Å². The fourth-order valence-electron chi connectivity index (χ4n) is 8.21. The largest absolute Gasteiger partial charge is 0.481 e. The van der Waals surface area contributed by atoms with E-state index in [2.05, 4.69) is 73.1 Å². The van der Waals surface area contributed by atoms with Gasteiger partial charge in [0, 0.05) is 131 Å². The monoisotopic (exact) mass is 1180 g/mol. The molecule has 0 bridgehead atoms. The van der Waals surface area contributed by atoms with E-state index in [-0.39, 0.29) is 115 Å². The first-order chi connectivity index (χ1) is 40.3. The van der Waals surface area contributed by atoms with Crippen molar-refractivity contribution in [1.82, 2.24) is 73.2 Å². The fourth-order valence-corrected chi connectivity index (χ4v) is 8.21. The fraction of sp³-hybridized carbons (Fsp3) is 0.314. The van der Waals surface area contributed by atoms with Gasteiger partial charge in [-0.15, -0.1) is 0 Å². The maximum atomic E-state index is 13.3. The number of carbonyl (C=O) groups is 11. The number of carbonyl (C=O) groups excluding carboxylic acids is 10. The first-order valence-electron chi connectivity index (χ1n) is 25.8. The molecule has 7 aromatic heterocycles. The van der Waals surface area contributed by atoms with Crippen molar-refractivity contribution in [3.63, 3.8) is 0 Å². The summed E-state index contributed by atoms with van der Waals surface area (Å²) in [5.74, 6) is -7.18. The number of amides is 10. The van der Waals surface area contributed by atoms with Gasteiger partial charge in [-0.2, -0.15) is 0 Å². The van der Waals surface area contributed by atoms with Crippen molar-refractivity contribution >= 4 is 99.6 Å². The number of aliphatic hydroxyl groups is 1. The average Bonchev–Trinajstić information content (AvgIpc) is 4.29. The Balaban J connectivity index is 0.782. The molecule has 448 valence electrons. The highest BCUT2D eigenvalue weighted by Crippen LogP contribution is 2.19. The lowest BCUT2D eigenvalue weighted by molar-refractivity contribution is -0.136. The zero-order valence-corrected chi connectivity index (χ0v) is 46.9. The van der Waals surface area contributed by atoms with Crippen LogP contribution in [0.25, 0.3) is 0 Å². The summed E-state index contributed by atoms with van der Waals surface area (Å²) in [4.78, 5) is 156. The normalized spacial score (nSPS) is 11.2. The van der Waals surface area contributed by atoms with Crippen LogP contribution in [0.15, 0.2) is 67.8 Å². The summed E-state index contributed by atoms with van der Waals surface area (Å²) in [6, 6.07) is 4.25. The van der Waals surface area contributed by atoms with Gasteiger partial charge in [-0.3, -0.25) is 52.7 Å². The molecule has 34 nitrogen and oxygen atoms in total. The van der Waals surface area contributed by atoms with E-state index in [1.807, 2.05) is 0 Å². The minimum Gasteiger partial charge on any atom is -0.481 e. The minimum atomic E-state index is -1.72. The number of rotatable bonds is 26. The second-order valence-corrected chi connectivity index (χ2v) is 19.2. The van der Waals surface area contributed by atoms with Gasteiger partial charge >= 0.3 is 5.97 Å². The third-order valence-corrected chi connectivity index (χ3v) is 12.4. The molecule has 0 fully saturated rings. The predicted molar refractivity (Wildman–Crippen MR) is 300 cm³/mol. The zero-order chi connectivity index (χ0) is 61.8. The molecule has 7 rings (SSSR count). The molecule has 0 aliphatic heterocycles. The molecule has 1 atom stereocenters. The number of imidazole rings is 4. The van der Waals surface area contributed by atoms with Gasteiger partial charge in [0.25, 0.3) is 47.3 Å². The summed E-state index contributed by atoms with van der Waals surface area (Å²) in [6.45, 7) is -0.604. The summed E-state index contributed by atoms with van der Waals surface area (Å²) in [6.07, 6.45) is 9.75. The molecule has 7 heterocycles. The number of aliphatic carboxylic acids is 1. The van der Waals surface area contributed by atoms with Crippen LogP contribution in [0.3, 0.4) is 0 Å². The van der Waals surface area contributed by atoms with Crippen molar-refractivity contribution in [2.75, 3.05) is 58.1 Å².